The molecule has 0 saturated heterocycles. The first-order valence-corrected chi connectivity index (χ1v) is 5.28. The molecule has 0 fully saturated rings. The van der Waals surface area contributed by atoms with Gasteiger partial charge in [-0.15, -0.1) is 0 Å². The summed E-state index contributed by atoms with van der Waals surface area (Å²) in [6.45, 7) is 0. The fraction of sp³-hybridized carbons (Fsp3) is 0. The van der Waals surface area contributed by atoms with Crippen LogP contribution < -0.4 is 0 Å². The molecule has 0 aliphatic rings. The Kier molecular flexibility index (Phi) is 3.48. The van der Waals surface area contributed by atoms with E-state index in [2.05, 4.69) is 4.98 Å². The van der Waals surface area contributed by atoms with E-state index in [4.69, 9.17) is 0 Å². The molecule has 2 aromatic rings. The Balaban J connectivity index is 2.43. The van der Waals surface area contributed by atoms with Gasteiger partial charge in [-0.2, -0.15) is 0 Å². The minimum atomic E-state index is -1.05. The molecule has 0 amide bonds. The van der Waals surface area contributed by atoms with E-state index in [1.54, 1.807) is 18.3 Å². The zero-order valence-corrected chi connectivity index (χ0v) is 9.38. The van der Waals surface area contributed by atoms with Crippen LogP contribution in [0.2, 0.25) is 0 Å². The molecule has 0 aliphatic carbocycles. The fourth-order valence-electron chi connectivity index (χ4n) is 1.52. The number of benzene rings is 1. The first-order valence-electron chi connectivity index (χ1n) is 5.28. The molecular weight excluding hydrogens is 233 g/mol. The molecule has 4 heteroatoms. The molecule has 0 radical (unpaired) electrons. The van der Waals surface area contributed by atoms with Gasteiger partial charge in [-0.1, -0.05) is 18.2 Å². The molecule has 0 unspecified atom stereocenters. The highest BCUT2D eigenvalue weighted by molar-refractivity contribution is 6.20. The summed E-state index contributed by atoms with van der Waals surface area (Å²) in [5.41, 5.74) is 1.25. The van der Waals surface area contributed by atoms with Crippen molar-refractivity contribution in [2.75, 3.05) is 0 Å². The van der Waals surface area contributed by atoms with E-state index in [0.29, 0.717) is 11.1 Å². The van der Waals surface area contributed by atoms with Gasteiger partial charge in [0.05, 0.1) is 5.57 Å². The molecule has 0 atom stereocenters. The molecule has 18 heavy (non-hydrogen) atoms. The van der Waals surface area contributed by atoms with E-state index in [-0.39, 0.29) is 11.4 Å². The monoisotopic (exact) mass is 243 g/mol. The lowest BCUT2D eigenvalue weighted by Gasteiger charge is -2.02. The minimum absolute atomic E-state index is 0.120. The molecule has 90 valence electrons. The van der Waals surface area contributed by atoms with Crippen LogP contribution in [0.4, 0.5) is 4.39 Å². The van der Waals surface area contributed by atoms with Crippen molar-refractivity contribution in [3.8, 4) is 0 Å². The van der Waals surface area contributed by atoms with E-state index in [9.17, 15) is 14.3 Å². The molecule has 2 rings (SSSR count). The third kappa shape index (κ3) is 2.79. The minimum Gasteiger partial charge on any atom is -0.478 e. The van der Waals surface area contributed by atoms with E-state index in [1.165, 1.54) is 36.5 Å². The Labute approximate surface area is 103 Å². The Morgan fingerprint density at radius 3 is 2.50 bits per heavy atom. The largest absolute Gasteiger partial charge is 0.478 e. The van der Waals surface area contributed by atoms with Crippen LogP contribution in [0.25, 0.3) is 11.6 Å². The van der Waals surface area contributed by atoms with Crippen molar-refractivity contribution < 1.29 is 14.3 Å². The average Bonchev–Trinajstić information content (AvgIpc) is 2.38. The number of pyridine rings is 1. The Morgan fingerprint density at radius 2 is 1.94 bits per heavy atom. The maximum absolute atomic E-state index is 12.8. The van der Waals surface area contributed by atoms with Gasteiger partial charge in [-0.25, -0.2) is 9.18 Å². The predicted octanol–water partition coefficient (Wildman–Crippen LogP) is 2.85. The van der Waals surface area contributed by atoms with Crippen LogP contribution in [0.15, 0.2) is 48.8 Å². The highest BCUT2D eigenvalue weighted by Gasteiger charge is 2.10. The van der Waals surface area contributed by atoms with Gasteiger partial charge < -0.3 is 5.11 Å². The Morgan fingerprint density at radius 1 is 1.22 bits per heavy atom. The molecule has 1 aromatic heterocycles. The number of carboxylic acids is 1. The zero-order chi connectivity index (χ0) is 13.0. The Hall–Kier alpha value is -2.49. The summed E-state index contributed by atoms with van der Waals surface area (Å²) in [5, 5.41) is 9.17. The molecule has 0 aliphatic heterocycles. The number of halogens is 1. The van der Waals surface area contributed by atoms with Crippen LogP contribution in [-0.2, 0) is 4.79 Å². The van der Waals surface area contributed by atoms with Crippen LogP contribution in [0, 0.1) is 5.82 Å². The summed E-state index contributed by atoms with van der Waals surface area (Å²) in [7, 11) is 0. The summed E-state index contributed by atoms with van der Waals surface area (Å²) in [6.07, 6.45) is 4.53. The van der Waals surface area contributed by atoms with Crippen molar-refractivity contribution in [3.05, 3.63) is 65.7 Å². The first-order chi connectivity index (χ1) is 8.66. The lowest BCUT2D eigenvalue weighted by molar-refractivity contribution is -0.130. The van der Waals surface area contributed by atoms with E-state index < -0.39 is 5.97 Å². The van der Waals surface area contributed by atoms with Gasteiger partial charge in [0.1, 0.15) is 5.82 Å². The summed E-state index contributed by atoms with van der Waals surface area (Å²) in [4.78, 5) is 15.1. The van der Waals surface area contributed by atoms with E-state index in [0.717, 1.165) is 0 Å². The van der Waals surface area contributed by atoms with Gasteiger partial charge in [0.15, 0.2) is 0 Å². The highest BCUT2D eigenvalue weighted by atomic mass is 19.1. The predicted molar refractivity (Wildman–Crippen MR) is 66.1 cm³/mol. The van der Waals surface area contributed by atoms with Gasteiger partial charge in [-0.05, 0) is 29.8 Å². The number of aliphatic carboxylic acids is 1. The quantitative estimate of drug-likeness (QED) is 0.843. The fourth-order valence-corrected chi connectivity index (χ4v) is 1.52. The molecule has 1 heterocycles. The van der Waals surface area contributed by atoms with Crippen molar-refractivity contribution in [1.82, 2.24) is 4.98 Å². The second-order valence-corrected chi connectivity index (χ2v) is 3.66. The second-order valence-electron chi connectivity index (χ2n) is 3.66. The van der Waals surface area contributed by atoms with Crippen molar-refractivity contribution in [2.24, 2.45) is 0 Å². The third-order valence-corrected chi connectivity index (χ3v) is 2.38. The molecule has 0 spiro atoms. The zero-order valence-electron chi connectivity index (χ0n) is 9.38. The summed E-state index contributed by atoms with van der Waals surface area (Å²) in [6, 6.07) is 8.94. The number of carboxylic acid groups (broad SMARTS) is 1. The number of hydrogen-bond acceptors (Lipinski definition) is 2. The smallest absolute Gasteiger partial charge is 0.336 e. The maximum atomic E-state index is 12.8. The summed E-state index contributed by atoms with van der Waals surface area (Å²) in [5.74, 6) is -1.40. The van der Waals surface area contributed by atoms with E-state index >= 15 is 0 Å². The van der Waals surface area contributed by atoms with Gasteiger partial charge in [-0.3, -0.25) is 4.98 Å². The van der Waals surface area contributed by atoms with Gasteiger partial charge in [0, 0.05) is 18.0 Å². The Bertz CT molecular complexity index is 577. The van der Waals surface area contributed by atoms with Gasteiger partial charge in [0.2, 0.25) is 0 Å². The number of carbonyl (C=O) groups is 1. The van der Waals surface area contributed by atoms with Crippen molar-refractivity contribution in [1.29, 1.82) is 0 Å². The van der Waals surface area contributed by atoms with Crippen LogP contribution in [0.1, 0.15) is 11.1 Å². The van der Waals surface area contributed by atoms with Crippen molar-refractivity contribution in [2.45, 2.75) is 0 Å². The number of nitrogens with zero attached hydrogens (tertiary/aromatic N) is 1. The molecule has 0 saturated carbocycles. The molecule has 1 N–H and O–H groups in total. The maximum Gasteiger partial charge on any atom is 0.336 e. The number of rotatable bonds is 3. The topological polar surface area (TPSA) is 50.2 Å². The average molecular weight is 243 g/mol. The molecular formula is C14H10FNO2. The van der Waals surface area contributed by atoms with Gasteiger partial charge in [0.25, 0.3) is 0 Å². The van der Waals surface area contributed by atoms with Crippen molar-refractivity contribution >= 4 is 17.6 Å². The normalized spacial score (nSPS) is 11.3. The number of hydrogen-bond donors (Lipinski definition) is 1. The van der Waals surface area contributed by atoms with Gasteiger partial charge >= 0.3 is 5.97 Å². The van der Waals surface area contributed by atoms with Crippen LogP contribution in [0.3, 0.4) is 0 Å². The summed E-state index contributed by atoms with van der Waals surface area (Å²) < 4.78 is 12.8. The highest BCUT2D eigenvalue weighted by Crippen LogP contribution is 2.17. The first kappa shape index (κ1) is 12.0. The van der Waals surface area contributed by atoms with Crippen LogP contribution in [-0.4, -0.2) is 16.1 Å². The summed E-state index contributed by atoms with van der Waals surface area (Å²) >= 11 is 0. The standard InChI is InChI=1S/C14H10FNO2/c15-12-5-3-10(4-6-12)8-13(14(17)18)11-2-1-7-16-9-11/h1-9H,(H,17,18)/b13-8+. The lowest BCUT2D eigenvalue weighted by Crippen LogP contribution is -1.99. The van der Waals surface area contributed by atoms with Crippen LogP contribution in [0.5, 0.6) is 0 Å². The van der Waals surface area contributed by atoms with Crippen molar-refractivity contribution in [3.63, 3.8) is 0 Å². The van der Waals surface area contributed by atoms with E-state index in [1.807, 2.05) is 0 Å². The molecule has 3 nitrogen and oxygen atoms in total. The molecule has 1 aromatic carbocycles. The second kappa shape index (κ2) is 5.23. The van der Waals surface area contributed by atoms with Crippen LogP contribution >= 0.6 is 0 Å². The third-order valence-electron chi connectivity index (χ3n) is 2.38. The SMILES string of the molecule is O=C(O)/C(=C/c1ccc(F)cc1)c1cccnc1. The molecule has 0 bridgehead atoms. The lowest BCUT2D eigenvalue weighted by atomic mass is 10.0. The number of aromatic nitrogens is 1.